The Bertz CT molecular complexity index is 476. The summed E-state index contributed by atoms with van der Waals surface area (Å²) in [7, 11) is 0. The summed E-state index contributed by atoms with van der Waals surface area (Å²) in [6.45, 7) is 4.12. The highest BCUT2D eigenvalue weighted by Gasteiger charge is 2.10. The van der Waals surface area contributed by atoms with E-state index in [4.69, 9.17) is 0 Å². The molecule has 3 nitrogen and oxygen atoms in total. The molecule has 82 valence electrons. The number of hydrogen-bond donors (Lipinski definition) is 0. The third kappa shape index (κ3) is 2.33. The minimum absolute atomic E-state index is 0.319. The molecule has 0 aliphatic rings. The van der Waals surface area contributed by atoms with Crippen LogP contribution >= 0.6 is 11.3 Å². The van der Waals surface area contributed by atoms with Gasteiger partial charge in [0.05, 0.1) is 0 Å². The van der Waals surface area contributed by atoms with E-state index >= 15 is 0 Å². The summed E-state index contributed by atoms with van der Waals surface area (Å²) in [6.07, 6.45) is 5.92. The molecular weight excluding hydrogens is 218 g/mol. The van der Waals surface area contributed by atoms with Gasteiger partial charge in [-0.05, 0) is 19.1 Å². The van der Waals surface area contributed by atoms with Crippen molar-refractivity contribution >= 4 is 11.3 Å². The molecule has 2 aromatic rings. The minimum atomic E-state index is 0.319. The predicted molar refractivity (Wildman–Crippen MR) is 66.4 cm³/mol. The van der Waals surface area contributed by atoms with Gasteiger partial charge in [0.25, 0.3) is 0 Å². The number of allylic oxidation sites excluding steroid dienone is 2. The fourth-order valence-corrected chi connectivity index (χ4v) is 2.23. The SMILES string of the molecule is C/C=C/C(C)c1nnc(-c2ccccn2)s1. The van der Waals surface area contributed by atoms with Gasteiger partial charge in [-0.25, -0.2) is 0 Å². The summed E-state index contributed by atoms with van der Waals surface area (Å²) in [5.41, 5.74) is 0.888. The van der Waals surface area contributed by atoms with Crippen LogP contribution in [0.5, 0.6) is 0 Å². The van der Waals surface area contributed by atoms with E-state index in [0.29, 0.717) is 5.92 Å². The molecule has 4 heteroatoms. The maximum atomic E-state index is 4.26. The third-order valence-electron chi connectivity index (χ3n) is 2.20. The Morgan fingerprint density at radius 2 is 2.19 bits per heavy atom. The number of hydrogen-bond acceptors (Lipinski definition) is 4. The lowest BCUT2D eigenvalue weighted by molar-refractivity contribution is 0.896. The average molecular weight is 231 g/mol. The highest BCUT2D eigenvalue weighted by atomic mass is 32.1. The quantitative estimate of drug-likeness (QED) is 0.761. The van der Waals surface area contributed by atoms with E-state index in [1.54, 1.807) is 17.5 Å². The first-order valence-electron chi connectivity index (χ1n) is 5.19. The van der Waals surface area contributed by atoms with Crippen molar-refractivity contribution in [2.24, 2.45) is 0 Å². The minimum Gasteiger partial charge on any atom is -0.254 e. The van der Waals surface area contributed by atoms with Crippen LogP contribution in [-0.4, -0.2) is 15.2 Å². The summed E-state index contributed by atoms with van der Waals surface area (Å²) in [6, 6.07) is 5.80. The van der Waals surface area contributed by atoms with Crippen molar-refractivity contribution in [2.75, 3.05) is 0 Å². The van der Waals surface area contributed by atoms with Crippen LogP contribution in [0.2, 0.25) is 0 Å². The second kappa shape index (κ2) is 4.99. The molecular formula is C12H13N3S. The molecule has 0 amide bonds. The van der Waals surface area contributed by atoms with Crippen LogP contribution in [0, 0.1) is 0 Å². The Labute approximate surface area is 98.9 Å². The molecule has 0 radical (unpaired) electrons. The van der Waals surface area contributed by atoms with E-state index < -0.39 is 0 Å². The Hall–Kier alpha value is -1.55. The molecule has 2 rings (SSSR count). The molecule has 0 bridgehead atoms. The lowest BCUT2D eigenvalue weighted by Crippen LogP contribution is -1.86. The van der Waals surface area contributed by atoms with Crippen molar-refractivity contribution in [3.8, 4) is 10.7 Å². The number of nitrogens with zero attached hydrogens (tertiary/aromatic N) is 3. The van der Waals surface area contributed by atoms with Crippen molar-refractivity contribution < 1.29 is 0 Å². The van der Waals surface area contributed by atoms with Gasteiger partial charge < -0.3 is 0 Å². The zero-order valence-corrected chi connectivity index (χ0v) is 10.1. The fourth-order valence-electron chi connectivity index (χ4n) is 1.38. The van der Waals surface area contributed by atoms with Gasteiger partial charge in [-0.2, -0.15) is 0 Å². The Morgan fingerprint density at radius 3 is 2.88 bits per heavy atom. The van der Waals surface area contributed by atoms with Crippen LogP contribution in [0.15, 0.2) is 36.5 Å². The van der Waals surface area contributed by atoms with Crippen molar-refractivity contribution in [1.29, 1.82) is 0 Å². The molecule has 0 saturated carbocycles. The highest BCUT2D eigenvalue weighted by molar-refractivity contribution is 7.14. The van der Waals surface area contributed by atoms with Crippen LogP contribution < -0.4 is 0 Å². The molecule has 0 aliphatic heterocycles. The maximum absolute atomic E-state index is 4.26. The molecule has 1 atom stereocenters. The summed E-state index contributed by atoms with van der Waals surface area (Å²) >= 11 is 1.60. The van der Waals surface area contributed by atoms with Crippen LogP contribution in [0.1, 0.15) is 24.8 Å². The molecule has 0 spiro atoms. The average Bonchev–Trinajstić information content (AvgIpc) is 2.80. The molecule has 2 heterocycles. The van der Waals surface area contributed by atoms with Crippen LogP contribution in [0.25, 0.3) is 10.7 Å². The lowest BCUT2D eigenvalue weighted by Gasteiger charge is -1.97. The maximum Gasteiger partial charge on any atom is 0.166 e. The first kappa shape index (κ1) is 11.0. The molecule has 0 fully saturated rings. The van der Waals surface area contributed by atoms with E-state index in [0.717, 1.165) is 15.7 Å². The van der Waals surface area contributed by atoms with Gasteiger partial charge in [0, 0.05) is 12.1 Å². The van der Waals surface area contributed by atoms with Crippen molar-refractivity contribution in [3.63, 3.8) is 0 Å². The van der Waals surface area contributed by atoms with Gasteiger partial charge in [-0.1, -0.05) is 36.5 Å². The molecule has 1 unspecified atom stereocenters. The lowest BCUT2D eigenvalue weighted by atomic mass is 10.2. The molecule has 16 heavy (non-hydrogen) atoms. The Kier molecular flexibility index (Phi) is 3.41. The largest absolute Gasteiger partial charge is 0.254 e. The van der Waals surface area contributed by atoms with E-state index in [2.05, 4.69) is 28.2 Å². The zero-order valence-electron chi connectivity index (χ0n) is 9.29. The molecule has 0 N–H and O–H groups in total. The van der Waals surface area contributed by atoms with Gasteiger partial charge in [0.1, 0.15) is 10.7 Å². The van der Waals surface area contributed by atoms with E-state index in [-0.39, 0.29) is 0 Å². The standard InChI is InChI=1S/C12H13N3S/c1-3-6-9(2)11-14-15-12(16-11)10-7-4-5-8-13-10/h3-9H,1-2H3/b6-3+. The monoisotopic (exact) mass is 231 g/mol. The van der Waals surface area contributed by atoms with E-state index in [1.165, 1.54) is 0 Å². The summed E-state index contributed by atoms with van der Waals surface area (Å²) < 4.78 is 0. The first-order chi connectivity index (χ1) is 7.81. The van der Waals surface area contributed by atoms with Crippen molar-refractivity contribution in [2.45, 2.75) is 19.8 Å². The fraction of sp³-hybridized carbons (Fsp3) is 0.250. The van der Waals surface area contributed by atoms with Crippen LogP contribution in [0.4, 0.5) is 0 Å². The summed E-state index contributed by atoms with van der Waals surface area (Å²) in [5.74, 6) is 0.319. The molecule has 2 aromatic heterocycles. The second-order valence-electron chi connectivity index (χ2n) is 3.47. The van der Waals surface area contributed by atoms with Crippen molar-refractivity contribution in [3.05, 3.63) is 41.6 Å². The van der Waals surface area contributed by atoms with Gasteiger partial charge in [0.2, 0.25) is 0 Å². The second-order valence-corrected chi connectivity index (χ2v) is 4.48. The van der Waals surface area contributed by atoms with E-state index in [9.17, 15) is 0 Å². The molecule has 0 aliphatic carbocycles. The summed E-state index contributed by atoms with van der Waals surface area (Å²) in [4.78, 5) is 4.26. The van der Waals surface area contributed by atoms with Gasteiger partial charge >= 0.3 is 0 Å². The first-order valence-corrected chi connectivity index (χ1v) is 6.00. The predicted octanol–water partition coefficient (Wildman–Crippen LogP) is 3.28. The Morgan fingerprint density at radius 1 is 1.31 bits per heavy atom. The van der Waals surface area contributed by atoms with Gasteiger partial charge in [0.15, 0.2) is 5.01 Å². The molecule has 0 saturated heterocycles. The smallest absolute Gasteiger partial charge is 0.166 e. The van der Waals surface area contributed by atoms with Gasteiger partial charge in [-0.3, -0.25) is 4.98 Å². The number of rotatable bonds is 3. The Balaban J connectivity index is 2.26. The number of pyridine rings is 1. The third-order valence-corrected chi connectivity index (χ3v) is 3.34. The number of aromatic nitrogens is 3. The van der Waals surface area contributed by atoms with E-state index in [1.807, 2.05) is 31.2 Å². The zero-order chi connectivity index (χ0) is 11.4. The van der Waals surface area contributed by atoms with Crippen molar-refractivity contribution in [1.82, 2.24) is 15.2 Å². The normalized spacial score (nSPS) is 13.1. The van der Waals surface area contributed by atoms with Gasteiger partial charge in [-0.15, -0.1) is 10.2 Å². The summed E-state index contributed by atoms with van der Waals surface area (Å²) in [5, 5.41) is 10.3. The topological polar surface area (TPSA) is 38.7 Å². The van der Waals surface area contributed by atoms with Crippen LogP contribution in [0.3, 0.4) is 0 Å². The highest BCUT2D eigenvalue weighted by Crippen LogP contribution is 2.26. The molecule has 0 aromatic carbocycles. The van der Waals surface area contributed by atoms with Crippen LogP contribution in [-0.2, 0) is 0 Å².